The number of halogens is 1. The molecular weight excluding hydrogens is 292 g/mol. The third-order valence-corrected chi connectivity index (χ3v) is 5.19. The molecule has 0 spiro atoms. The molecule has 1 saturated heterocycles. The first kappa shape index (κ1) is 14.1. The Hall–Kier alpha value is -0.350. The van der Waals surface area contributed by atoms with Gasteiger partial charge in [-0.25, -0.2) is 0 Å². The van der Waals surface area contributed by atoms with E-state index < -0.39 is 0 Å². The Balaban J connectivity index is 2.06. The molecule has 2 heterocycles. The Morgan fingerprint density at radius 1 is 1.50 bits per heavy atom. The Morgan fingerprint density at radius 2 is 2.28 bits per heavy atom. The minimum absolute atomic E-state index is 0.257. The van der Waals surface area contributed by atoms with Crippen LogP contribution in [-0.4, -0.2) is 28.3 Å². The normalized spacial score (nSPS) is 24.0. The number of rotatable bonds is 6. The number of aromatic nitrogens is 2. The molecule has 0 aromatic carbocycles. The number of ether oxygens (including phenoxy) is 1. The van der Waals surface area contributed by atoms with Crippen LogP contribution >= 0.6 is 15.9 Å². The van der Waals surface area contributed by atoms with Crippen LogP contribution in [0.4, 0.5) is 0 Å². The highest BCUT2D eigenvalue weighted by Crippen LogP contribution is 2.34. The number of alkyl halides is 1. The molecule has 1 aromatic heterocycles. The summed E-state index contributed by atoms with van der Waals surface area (Å²) in [4.78, 5) is 0. The van der Waals surface area contributed by atoms with Crippen LogP contribution in [0, 0.1) is 5.41 Å². The van der Waals surface area contributed by atoms with Gasteiger partial charge in [-0.05, 0) is 25.3 Å². The van der Waals surface area contributed by atoms with E-state index in [4.69, 9.17) is 9.84 Å². The van der Waals surface area contributed by atoms with Gasteiger partial charge in [0.25, 0.3) is 0 Å². The molecule has 1 unspecified atom stereocenters. The van der Waals surface area contributed by atoms with Crippen LogP contribution < -0.4 is 0 Å². The topological polar surface area (TPSA) is 27.1 Å². The molecule has 0 bridgehead atoms. The van der Waals surface area contributed by atoms with E-state index in [0.29, 0.717) is 6.04 Å². The summed E-state index contributed by atoms with van der Waals surface area (Å²) < 4.78 is 7.69. The average molecular weight is 315 g/mol. The SMILES string of the molecule is CCC(CC)n1ccc(CC2(CBr)CCOC2)n1. The van der Waals surface area contributed by atoms with Crippen molar-refractivity contribution in [1.82, 2.24) is 9.78 Å². The zero-order chi connectivity index (χ0) is 13.0. The summed E-state index contributed by atoms with van der Waals surface area (Å²) in [7, 11) is 0. The van der Waals surface area contributed by atoms with E-state index in [0.717, 1.165) is 44.2 Å². The monoisotopic (exact) mass is 314 g/mol. The van der Waals surface area contributed by atoms with Crippen molar-refractivity contribution in [3.63, 3.8) is 0 Å². The van der Waals surface area contributed by atoms with E-state index in [1.165, 1.54) is 5.69 Å². The van der Waals surface area contributed by atoms with Crippen molar-refractivity contribution < 1.29 is 4.74 Å². The fraction of sp³-hybridized carbons (Fsp3) is 0.786. The minimum atomic E-state index is 0.257. The highest BCUT2D eigenvalue weighted by atomic mass is 79.9. The molecule has 1 aliphatic rings. The standard InChI is InChI=1S/C14H23BrN2O/c1-3-13(4-2)17-7-5-12(16-17)9-14(10-15)6-8-18-11-14/h5,7,13H,3-4,6,8-11H2,1-2H3. The van der Waals surface area contributed by atoms with Crippen molar-refractivity contribution in [2.24, 2.45) is 5.41 Å². The van der Waals surface area contributed by atoms with E-state index in [1.54, 1.807) is 0 Å². The first-order chi connectivity index (χ1) is 8.73. The third-order valence-electron chi connectivity index (χ3n) is 4.00. The minimum Gasteiger partial charge on any atom is -0.381 e. The van der Waals surface area contributed by atoms with Gasteiger partial charge in [0.1, 0.15) is 0 Å². The first-order valence-corrected chi connectivity index (χ1v) is 8.03. The van der Waals surface area contributed by atoms with Gasteiger partial charge in [-0.2, -0.15) is 5.10 Å². The fourth-order valence-corrected chi connectivity index (χ4v) is 3.30. The van der Waals surface area contributed by atoms with E-state index in [1.807, 2.05) is 0 Å². The molecule has 2 rings (SSSR count). The lowest BCUT2D eigenvalue weighted by Crippen LogP contribution is -2.26. The van der Waals surface area contributed by atoms with Gasteiger partial charge in [0.05, 0.1) is 18.3 Å². The van der Waals surface area contributed by atoms with Gasteiger partial charge in [-0.1, -0.05) is 29.8 Å². The van der Waals surface area contributed by atoms with Crippen molar-refractivity contribution in [3.05, 3.63) is 18.0 Å². The lowest BCUT2D eigenvalue weighted by Gasteiger charge is -2.23. The first-order valence-electron chi connectivity index (χ1n) is 6.91. The van der Waals surface area contributed by atoms with Crippen LogP contribution in [0.15, 0.2) is 12.3 Å². The second-order valence-corrected chi connectivity index (χ2v) is 5.93. The maximum Gasteiger partial charge on any atom is 0.0631 e. The molecule has 1 atom stereocenters. The van der Waals surface area contributed by atoms with Gasteiger partial charge in [0, 0.05) is 30.0 Å². The Bertz CT molecular complexity index is 368. The average Bonchev–Trinajstić information content (AvgIpc) is 3.02. The van der Waals surface area contributed by atoms with Crippen molar-refractivity contribution in [2.45, 2.75) is 45.6 Å². The van der Waals surface area contributed by atoms with Gasteiger partial charge in [0.2, 0.25) is 0 Å². The summed E-state index contributed by atoms with van der Waals surface area (Å²) in [6, 6.07) is 2.71. The van der Waals surface area contributed by atoms with Crippen molar-refractivity contribution in [1.29, 1.82) is 0 Å². The molecule has 0 N–H and O–H groups in total. The summed E-state index contributed by atoms with van der Waals surface area (Å²) >= 11 is 3.64. The molecule has 4 heteroatoms. The van der Waals surface area contributed by atoms with Gasteiger partial charge in [-0.15, -0.1) is 0 Å². The summed E-state index contributed by atoms with van der Waals surface area (Å²) in [6.45, 7) is 6.19. The summed E-state index contributed by atoms with van der Waals surface area (Å²) in [6.07, 6.45) is 6.57. The van der Waals surface area contributed by atoms with E-state index in [2.05, 4.69) is 46.7 Å². The van der Waals surface area contributed by atoms with Crippen LogP contribution in [0.25, 0.3) is 0 Å². The zero-order valence-electron chi connectivity index (χ0n) is 11.4. The molecule has 1 aromatic rings. The highest BCUT2D eigenvalue weighted by Gasteiger charge is 2.34. The predicted octanol–water partition coefficient (Wildman–Crippen LogP) is 3.59. The van der Waals surface area contributed by atoms with E-state index in [9.17, 15) is 0 Å². The van der Waals surface area contributed by atoms with Gasteiger partial charge in [-0.3, -0.25) is 4.68 Å². The summed E-state index contributed by atoms with van der Waals surface area (Å²) in [5, 5.41) is 5.75. The maximum absolute atomic E-state index is 5.56. The molecule has 1 aliphatic heterocycles. The largest absolute Gasteiger partial charge is 0.381 e. The van der Waals surface area contributed by atoms with Crippen LogP contribution in [0.3, 0.4) is 0 Å². The van der Waals surface area contributed by atoms with Crippen molar-refractivity contribution in [3.8, 4) is 0 Å². The van der Waals surface area contributed by atoms with Crippen molar-refractivity contribution in [2.75, 3.05) is 18.5 Å². The molecule has 0 radical (unpaired) electrons. The van der Waals surface area contributed by atoms with Crippen LogP contribution in [-0.2, 0) is 11.2 Å². The Morgan fingerprint density at radius 3 is 2.83 bits per heavy atom. The Kier molecular flexibility index (Phi) is 4.84. The van der Waals surface area contributed by atoms with Crippen LogP contribution in [0.2, 0.25) is 0 Å². The predicted molar refractivity (Wildman–Crippen MR) is 77.2 cm³/mol. The summed E-state index contributed by atoms with van der Waals surface area (Å²) in [5.41, 5.74) is 1.46. The third kappa shape index (κ3) is 2.97. The van der Waals surface area contributed by atoms with Crippen molar-refractivity contribution >= 4 is 15.9 Å². The molecule has 3 nitrogen and oxygen atoms in total. The van der Waals surface area contributed by atoms with Crippen LogP contribution in [0.5, 0.6) is 0 Å². The molecule has 1 fully saturated rings. The maximum atomic E-state index is 5.56. The smallest absolute Gasteiger partial charge is 0.0631 e. The molecule has 0 aliphatic carbocycles. The number of nitrogens with zero attached hydrogens (tertiary/aromatic N) is 2. The quantitative estimate of drug-likeness (QED) is 0.750. The molecule has 0 saturated carbocycles. The van der Waals surface area contributed by atoms with Crippen LogP contribution in [0.1, 0.15) is 44.8 Å². The van der Waals surface area contributed by atoms with E-state index in [-0.39, 0.29) is 5.41 Å². The lowest BCUT2D eigenvalue weighted by atomic mass is 9.85. The lowest BCUT2D eigenvalue weighted by molar-refractivity contribution is 0.161. The fourth-order valence-electron chi connectivity index (χ4n) is 2.66. The van der Waals surface area contributed by atoms with Gasteiger partial charge < -0.3 is 4.74 Å². The zero-order valence-corrected chi connectivity index (χ0v) is 12.9. The highest BCUT2D eigenvalue weighted by molar-refractivity contribution is 9.09. The number of hydrogen-bond donors (Lipinski definition) is 0. The van der Waals surface area contributed by atoms with E-state index >= 15 is 0 Å². The molecular formula is C14H23BrN2O. The second kappa shape index (κ2) is 6.20. The van der Waals surface area contributed by atoms with Gasteiger partial charge in [0.15, 0.2) is 0 Å². The molecule has 18 heavy (non-hydrogen) atoms. The Labute approximate surface area is 118 Å². The summed E-state index contributed by atoms with van der Waals surface area (Å²) in [5.74, 6) is 0. The molecule has 102 valence electrons. The second-order valence-electron chi connectivity index (χ2n) is 5.37. The molecule has 0 amide bonds. The van der Waals surface area contributed by atoms with Gasteiger partial charge >= 0.3 is 0 Å². The number of hydrogen-bond acceptors (Lipinski definition) is 2.